The van der Waals surface area contributed by atoms with Crippen LogP contribution in [-0.4, -0.2) is 47.0 Å². The van der Waals surface area contributed by atoms with E-state index >= 15 is 0 Å². The van der Waals surface area contributed by atoms with E-state index in [1.165, 1.54) is 6.08 Å². The third-order valence-corrected chi connectivity index (χ3v) is 3.41. The number of amides is 1. The number of carbonyl (C=O) groups is 1. The van der Waals surface area contributed by atoms with Gasteiger partial charge < -0.3 is 9.80 Å². The highest BCUT2D eigenvalue weighted by molar-refractivity contribution is 5.87. The van der Waals surface area contributed by atoms with Crippen molar-refractivity contribution in [2.45, 2.75) is 18.9 Å². The molecule has 2 heterocycles. The van der Waals surface area contributed by atoms with E-state index in [0.29, 0.717) is 6.04 Å². The Morgan fingerprint density at radius 3 is 2.78 bits per heavy atom. The van der Waals surface area contributed by atoms with Gasteiger partial charge in [0.2, 0.25) is 5.91 Å². The first-order valence-electron chi connectivity index (χ1n) is 6.12. The molecule has 96 valence electrons. The minimum atomic E-state index is -0.00653. The highest BCUT2D eigenvalue weighted by atomic mass is 16.2. The fraction of sp³-hybridized carbons (Fsp3) is 0.462. The Labute approximate surface area is 107 Å². The van der Waals surface area contributed by atoms with E-state index in [0.717, 1.165) is 31.7 Å². The van der Waals surface area contributed by atoms with Crippen LogP contribution in [0.2, 0.25) is 0 Å². The van der Waals surface area contributed by atoms with Gasteiger partial charge in [0.1, 0.15) is 5.82 Å². The predicted molar refractivity (Wildman–Crippen MR) is 70.2 cm³/mol. The van der Waals surface area contributed by atoms with Crippen LogP contribution in [0.15, 0.2) is 31.2 Å². The maximum Gasteiger partial charge on any atom is 0.245 e. The fourth-order valence-electron chi connectivity index (χ4n) is 2.26. The smallest absolute Gasteiger partial charge is 0.245 e. The number of hydrogen-bond donors (Lipinski definition) is 0. The summed E-state index contributed by atoms with van der Waals surface area (Å²) in [5, 5.41) is 0. The zero-order valence-electron chi connectivity index (χ0n) is 10.6. The van der Waals surface area contributed by atoms with E-state index in [1.54, 1.807) is 23.5 Å². The molecule has 1 aromatic heterocycles. The summed E-state index contributed by atoms with van der Waals surface area (Å²) in [6.45, 7) is 5.32. The summed E-state index contributed by atoms with van der Waals surface area (Å²) in [4.78, 5) is 23.9. The normalized spacial score (nSPS) is 16.4. The number of rotatable bonds is 3. The number of aromatic nitrogens is 2. The number of likely N-dealkylation sites (N-methyl/N-ethyl adjacent to an activating group) is 1. The van der Waals surface area contributed by atoms with Gasteiger partial charge in [-0.25, -0.2) is 4.98 Å². The molecule has 0 bridgehead atoms. The molecule has 0 atom stereocenters. The maximum absolute atomic E-state index is 11.5. The molecule has 0 N–H and O–H groups in total. The van der Waals surface area contributed by atoms with E-state index in [4.69, 9.17) is 0 Å². The highest BCUT2D eigenvalue weighted by Crippen LogP contribution is 2.19. The molecule has 18 heavy (non-hydrogen) atoms. The fourth-order valence-corrected chi connectivity index (χ4v) is 2.26. The molecule has 0 radical (unpaired) electrons. The van der Waals surface area contributed by atoms with Crippen LogP contribution in [0.1, 0.15) is 12.8 Å². The largest absolute Gasteiger partial charge is 0.355 e. The Kier molecular flexibility index (Phi) is 3.92. The Morgan fingerprint density at radius 1 is 1.50 bits per heavy atom. The molecule has 5 nitrogen and oxygen atoms in total. The number of hydrogen-bond acceptors (Lipinski definition) is 4. The third-order valence-electron chi connectivity index (χ3n) is 3.41. The third kappa shape index (κ3) is 2.67. The molecular formula is C13H18N4O. The molecule has 0 spiro atoms. The van der Waals surface area contributed by atoms with Crippen LogP contribution >= 0.6 is 0 Å². The summed E-state index contributed by atoms with van der Waals surface area (Å²) < 4.78 is 0. The lowest BCUT2D eigenvalue weighted by Crippen LogP contribution is -2.45. The topological polar surface area (TPSA) is 49.3 Å². The van der Waals surface area contributed by atoms with Crippen molar-refractivity contribution in [3.8, 4) is 0 Å². The molecule has 1 aliphatic rings. The van der Waals surface area contributed by atoms with Gasteiger partial charge in [0.25, 0.3) is 0 Å². The van der Waals surface area contributed by atoms with Crippen LogP contribution in [0.4, 0.5) is 5.82 Å². The molecule has 1 saturated heterocycles. The SMILES string of the molecule is C=CC(=O)N(C)C1CCN(c2cnccn2)CC1. The Hall–Kier alpha value is -1.91. The standard InChI is InChI=1S/C13H18N4O/c1-3-13(18)16(2)11-4-8-17(9-5-11)12-10-14-6-7-15-12/h3,6-7,10-11H,1,4-5,8-9H2,2H3. The molecule has 2 rings (SSSR count). The monoisotopic (exact) mass is 246 g/mol. The van der Waals surface area contributed by atoms with Gasteiger partial charge in [-0.05, 0) is 18.9 Å². The van der Waals surface area contributed by atoms with E-state index in [1.807, 2.05) is 7.05 Å². The predicted octanol–water partition coefficient (Wildman–Crippen LogP) is 1.09. The van der Waals surface area contributed by atoms with Gasteiger partial charge in [-0.15, -0.1) is 0 Å². The molecule has 1 fully saturated rings. The van der Waals surface area contributed by atoms with Crippen LogP contribution in [0.3, 0.4) is 0 Å². The van der Waals surface area contributed by atoms with Crippen molar-refractivity contribution in [3.63, 3.8) is 0 Å². The second kappa shape index (κ2) is 5.62. The van der Waals surface area contributed by atoms with Crippen molar-refractivity contribution in [1.29, 1.82) is 0 Å². The minimum absolute atomic E-state index is 0.00653. The van der Waals surface area contributed by atoms with Crippen LogP contribution in [0, 0.1) is 0 Å². The van der Waals surface area contributed by atoms with Crippen molar-refractivity contribution >= 4 is 11.7 Å². The van der Waals surface area contributed by atoms with Gasteiger partial charge in [0, 0.05) is 38.6 Å². The van der Waals surface area contributed by atoms with E-state index < -0.39 is 0 Å². The van der Waals surface area contributed by atoms with Crippen LogP contribution in [-0.2, 0) is 4.79 Å². The molecule has 0 aliphatic carbocycles. The lowest BCUT2D eigenvalue weighted by molar-refractivity contribution is -0.127. The quantitative estimate of drug-likeness (QED) is 0.749. The number of carbonyl (C=O) groups excluding carboxylic acids is 1. The number of nitrogens with zero attached hydrogens (tertiary/aromatic N) is 4. The molecule has 0 aromatic carbocycles. The Balaban J connectivity index is 1.92. The molecule has 1 aliphatic heterocycles. The van der Waals surface area contributed by atoms with E-state index in [2.05, 4.69) is 21.4 Å². The average molecular weight is 246 g/mol. The van der Waals surface area contributed by atoms with Crippen molar-refractivity contribution in [2.24, 2.45) is 0 Å². The average Bonchev–Trinajstić information content (AvgIpc) is 2.47. The summed E-state index contributed by atoms with van der Waals surface area (Å²) in [6.07, 6.45) is 8.43. The first-order valence-corrected chi connectivity index (χ1v) is 6.12. The van der Waals surface area contributed by atoms with Crippen molar-refractivity contribution in [3.05, 3.63) is 31.2 Å². The number of anilines is 1. The number of piperidine rings is 1. The van der Waals surface area contributed by atoms with Gasteiger partial charge in [0.15, 0.2) is 0 Å². The van der Waals surface area contributed by atoms with Crippen molar-refractivity contribution in [2.75, 3.05) is 25.0 Å². The van der Waals surface area contributed by atoms with Crippen LogP contribution < -0.4 is 4.90 Å². The summed E-state index contributed by atoms with van der Waals surface area (Å²) in [6, 6.07) is 0.295. The van der Waals surface area contributed by atoms with Crippen LogP contribution in [0.5, 0.6) is 0 Å². The van der Waals surface area contributed by atoms with Crippen molar-refractivity contribution in [1.82, 2.24) is 14.9 Å². The van der Waals surface area contributed by atoms with Gasteiger partial charge in [0.05, 0.1) is 6.20 Å². The second-order valence-corrected chi connectivity index (χ2v) is 4.44. The Bertz CT molecular complexity index is 412. The zero-order valence-corrected chi connectivity index (χ0v) is 10.6. The second-order valence-electron chi connectivity index (χ2n) is 4.44. The minimum Gasteiger partial charge on any atom is -0.355 e. The van der Waals surface area contributed by atoms with Crippen molar-refractivity contribution < 1.29 is 4.79 Å². The van der Waals surface area contributed by atoms with Crippen LogP contribution in [0.25, 0.3) is 0 Å². The molecule has 1 aromatic rings. The highest BCUT2D eigenvalue weighted by Gasteiger charge is 2.24. The zero-order chi connectivity index (χ0) is 13.0. The first-order chi connectivity index (χ1) is 8.72. The summed E-state index contributed by atoms with van der Waals surface area (Å²) in [5.41, 5.74) is 0. The molecule has 0 saturated carbocycles. The van der Waals surface area contributed by atoms with Gasteiger partial charge in [-0.1, -0.05) is 6.58 Å². The van der Waals surface area contributed by atoms with E-state index in [9.17, 15) is 4.79 Å². The summed E-state index contributed by atoms with van der Waals surface area (Å²) >= 11 is 0. The summed E-state index contributed by atoms with van der Waals surface area (Å²) in [7, 11) is 1.84. The van der Waals surface area contributed by atoms with Gasteiger partial charge in [-0.2, -0.15) is 0 Å². The van der Waals surface area contributed by atoms with Gasteiger partial charge >= 0.3 is 0 Å². The lowest BCUT2D eigenvalue weighted by atomic mass is 10.0. The molecule has 1 amide bonds. The summed E-state index contributed by atoms with van der Waals surface area (Å²) in [5.74, 6) is 0.904. The lowest BCUT2D eigenvalue weighted by Gasteiger charge is -2.36. The molecular weight excluding hydrogens is 228 g/mol. The molecule has 0 unspecified atom stereocenters. The first kappa shape index (κ1) is 12.5. The van der Waals surface area contributed by atoms with E-state index in [-0.39, 0.29) is 5.91 Å². The Morgan fingerprint density at radius 2 is 2.22 bits per heavy atom. The van der Waals surface area contributed by atoms with Gasteiger partial charge in [-0.3, -0.25) is 9.78 Å². The molecule has 5 heteroatoms. The maximum atomic E-state index is 11.5.